The first-order valence-electron chi connectivity index (χ1n) is 21.7. The highest BCUT2D eigenvalue weighted by atomic mass is 31.2. The van der Waals surface area contributed by atoms with E-state index in [1.807, 2.05) is 63.7 Å². The Kier molecular flexibility index (Phi) is 35.1. The van der Waals surface area contributed by atoms with E-state index in [4.69, 9.17) is 9.05 Å². The van der Waals surface area contributed by atoms with E-state index in [0.717, 1.165) is 25.7 Å². The van der Waals surface area contributed by atoms with Gasteiger partial charge in [0.15, 0.2) is 0 Å². The van der Waals surface area contributed by atoms with Crippen LogP contribution < -0.4 is 10.2 Å². The van der Waals surface area contributed by atoms with Crippen LogP contribution in [0.1, 0.15) is 136 Å². The standard InChI is InChI=1S/C46H81N2O8P/c1-6-8-10-11-12-13-14-15-16-17-18-19-23-31-37-45(51)44(41-56-57(53,54)55-40-39-48(3,4)5)47-46(52)38-32-24-21-20-22-28-34-43(50)36-30-26-25-29-35-42(49)33-27-9-7-2/h9,21-22,24-31,35-37,42-45,49-51H,6-8,10-20,23,32-34,38-41H2,1-5H3,(H-,47,52,53,54)/b24-21-,26-25-,27-9-,28-22-,35-29+,36-30+,37-31+/t42-,43+,44-,45+/m0/s1. The van der Waals surface area contributed by atoms with Gasteiger partial charge in [-0.2, -0.15) is 0 Å². The van der Waals surface area contributed by atoms with Crippen LogP contribution in [0.4, 0.5) is 0 Å². The summed E-state index contributed by atoms with van der Waals surface area (Å²) in [6.45, 7) is 4.27. The number of hydrogen-bond acceptors (Lipinski definition) is 8. The molecule has 0 aromatic rings. The lowest BCUT2D eigenvalue weighted by Gasteiger charge is -2.29. The van der Waals surface area contributed by atoms with Crippen LogP contribution in [0.2, 0.25) is 0 Å². The summed E-state index contributed by atoms with van der Waals surface area (Å²) in [7, 11) is 1.13. The van der Waals surface area contributed by atoms with Crippen LogP contribution in [0.15, 0.2) is 85.1 Å². The van der Waals surface area contributed by atoms with Crippen molar-refractivity contribution < 1.29 is 43.1 Å². The number of carbonyl (C=O) groups excluding carboxylic acids is 1. The van der Waals surface area contributed by atoms with Crippen molar-refractivity contribution in [3.05, 3.63) is 85.1 Å². The number of nitrogens with zero attached hydrogens (tertiary/aromatic N) is 1. The van der Waals surface area contributed by atoms with Crippen LogP contribution in [0, 0.1) is 0 Å². The molecule has 0 spiro atoms. The molecule has 0 aromatic carbocycles. The maximum atomic E-state index is 12.8. The molecular weight excluding hydrogens is 739 g/mol. The summed E-state index contributed by atoms with van der Waals surface area (Å²) >= 11 is 0. The van der Waals surface area contributed by atoms with Crippen LogP contribution in [-0.4, -0.2) is 91.0 Å². The highest BCUT2D eigenvalue weighted by molar-refractivity contribution is 7.45. The van der Waals surface area contributed by atoms with Crippen LogP contribution in [-0.2, 0) is 18.4 Å². The van der Waals surface area contributed by atoms with Gasteiger partial charge in [-0.3, -0.25) is 9.36 Å². The summed E-state index contributed by atoms with van der Waals surface area (Å²) < 4.78 is 23.1. The summed E-state index contributed by atoms with van der Waals surface area (Å²) in [5.74, 6) is -0.330. The maximum Gasteiger partial charge on any atom is 0.268 e. The first kappa shape index (κ1) is 54.6. The zero-order valence-corrected chi connectivity index (χ0v) is 37.1. The SMILES string of the molecule is CC/C=C\C[C@H](O)/C=C/C=C\C=C\[C@H](O)C/C=C\C/C=C\CCC(=O)N[C@@H](COP(=O)([O-])OCC[N+](C)(C)C)[C@H](O)/C=C/CCCCCCCCCCCCCC. The second kappa shape index (κ2) is 36.7. The second-order valence-corrected chi connectivity index (χ2v) is 17.1. The lowest BCUT2D eigenvalue weighted by molar-refractivity contribution is -0.870. The third-order valence-electron chi connectivity index (χ3n) is 9.04. The van der Waals surface area contributed by atoms with E-state index < -0.39 is 38.8 Å². The number of likely N-dealkylation sites (N-methyl/N-ethyl adjacent to an activating group) is 1. The Balaban J connectivity index is 4.73. The van der Waals surface area contributed by atoms with Crippen LogP contribution >= 0.6 is 7.82 Å². The summed E-state index contributed by atoms with van der Waals surface area (Å²) in [4.78, 5) is 25.2. The number of phosphoric ester groups is 1. The van der Waals surface area contributed by atoms with Gasteiger partial charge in [-0.05, 0) is 44.9 Å². The molecule has 11 heteroatoms. The van der Waals surface area contributed by atoms with Crippen molar-refractivity contribution in [3.63, 3.8) is 0 Å². The average Bonchev–Trinajstić information content (AvgIpc) is 3.15. The minimum absolute atomic E-state index is 0.0391. The Hall–Kier alpha value is -2.40. The molecule has 5 atom stereocenters. The Labute approximate surface area is 347 Å². The molecule has 0 bridgehead atoms. The van der Waals surface area contributed by atoms with Gasteiger partial charge in [0.25, 0.3) is 7.82 Å². The normalized spacial score (nSPS) is 16.3. The number of carbonyl (C=O) groups is 1. The molecule has 10 nitrogen and oxygen atoms in total. The quantitative estimate of drug-likeness (QED) is 0.0160. The molecule has 0 heterocycles. The number of quaternary nitrogens is 1. The largest absolute Gasteiger partial charge is 0.756 e. The molecule has 0 radical (unpaired) electrons. The van der Waals surface area contributed by atoms with E-state index in [2.05, 4.69) is 19.2 Å². The van der Waals surface area contributed by atoms with Gasteiger partial charge in [0.05, 0.1) is 52.1 Å². The molecule has 1 unspecified atom stereocenters. The second-order valence-electron chi connectivity index (χ2n) is 15.7. The van der Waals surface area contributed by atoms with Crippen molar-refractivity contribution in [1.82, 2.24) is 5.32 Å². The van der Waals surface area contributed by atoms with E-state index >= 15 is 0 Å². The van der Waals surface area contributed by atoms with Gasteiger partial charge in [0.1, 0.15) is 13.2 Å². The summed E-state index contributed by atoms with van der Waals surface area (Å²) in [5, 5.41) is 33.7. The Morgan fingerprint density at radius 3 is 1.79 bits per heavy atom. The molecular formula is C46H81N2O8P. The molecule has 1 amide bonds. The van der Waals surface area contributed by atoms with Gasteiger partial charge in [-0.1, -0.05) is 170 Å². The number of aliphatic hydroxyl groups excluding tert-OH is 3. The predicted molar refractivity (Wildman–Crippen MR) is 235 cm³/mol. The van der Waals surface area contributed by atoms with E-state index in [1.165, 1.54) is 64.2 Å². The van der Waals surface area contributed by atoms with Gasteiger partial charge < -0.3 is 39.1 Å². The van der Waals surface area contributed by atoms with Gasteiger partial charge in [-0.15, -0.1) is 0 Å². The summed E-state index contributed by atoms with van der Waals surface area (Å²) in [6.07, 6.45) is 42.7. The molecule has 0 aliphatic heterocycles. The molecule has 4 N–H and O–H groups in total. The van der Waals surface area contributed by atoms with Crippen molar-refractivity contribution in [2.75, 3.05) is 40.9 Å². The average molecular weight is 821 g/mol. The lowest BCUT2D eigenvalue weighted by atomic mass is 10.0. The first-order valence-corrected chi connectivity index (χ1v) is 23.1. The molecule has 57 heavy (non-hydrogen) atoms. The maximum absolute atomic E-state index is 12.8. The molecule has 0 saturated carbocycles. The number of unbranched alkanes of at least 4 members (excludes halogenated alkanes) is 12. The van der Waals surface area contributed by atoms with Gasteiger partial charge >= 0.3 is 0 Å². The zero-order chi connectivity index (χ0) is 42.5. The van der Waals surface area contributed by atoms with Crippen molar-refractivity contribution in [1.29, 1.82) is 0 Å². The summed E-state index contributed by atoms with van der Waals surface area (Å²) in [5.41, 5.74) is 0. The number of rotatable bonds is 37. The van der Waals surface area contributed by atoms with E-state index in [9.17, 15) is 29.6 Å². The Morgan fingerprint density at radius 1 is 0.684 bits per heavy atom. The first-order chi connectivity index (χ1) is 27.3. The highest BCUT2D eigenvalue weighted by Crippen LogP contribution is 2.38. The number of allylic oxidation sites excluding steroid dienone is 9. The fourth-order valence-corrected chi connectivity index (χ4v) is 6.25. The number of aliphatic hydroxyl groups is 3. The van der Waals surface area contributed by atoms with E-state index in [1.54, 1.807) is 42.5 Å². The highest BCUT2D eigenvalue weighted by Gasteiger charge is 2.23. The fourth-order valence-electron chi connectivity index (χ4n) is 5.52. The van der Waals surface area contributed by atoms with Crippen molar-refractivity contribution >= 4 is 13.7 Å². The molecule has 0 rings (SSSR count). The van der Waals surface area contributed by atoms with Gasteiger partial charge in [0.2, 0.25) is 5.91 Å². The molecule has 328 valence electrons. The van der Waals surface area contributed by atoms with Crippen molar-refractivity contribution in [2.24, 2.45) is 0 Å². The molecule has 0 aliphatic carbocycles. The zero-order valence-electron chi connectivity index (χ0n) is 36.2. The molecule has 0 aliphatic rings. The van der Waals surface area contributed by atoms with Crippen molar-refractivity contribution in [2.45, 2.75) is 160 Å². The summed E-state index contributed by atoms with van der Waals surface area (Å²) in [6, 6.07) is -0.967. The van der Waals surface area contributed by atoms with Crippen molar-refractivity contribution in [3.8, 4) is 0 Å². The number of nitrogens with one attached hydrogen (secondary N) is 1. The van der Waals surface area contributed by atoms with Crippen LogP contribution in [0.3, 0.4) is 0 Å². The van der Waals surface area contributed by atoms with Crippen LogP contribution in [0.5, 0.6) is 0 Å². The molecule has 0 fully saturated rings. The number of hydrogen-bond donors (Lipinski definition) is 4. The smallest absolute Gasteiger partial charge is 0.268 e. The monoisotopic (exact) mass is 821 g/mol. The third-order valence-corrected chi connectivity index (χ3v) is 10.0. The molecule has 0 saturated heterocycles. The van der Waals surface area contributed by atoms with E-state index in [0.29, 0.717) is 36.7 Å². The topological polar surface area (TPSA) is 148 Å². The fraction of sp³-hybridized carbons (Fsp3) is 0.674. The Bertz CT molecular complexity index is 1240. The lowest BCUT2D eigenvalue weighted by Crippen LogP contribution is -2.45. The number of amides is 1. The minimum atomic E-state index is -4.64. The van der Waals surface area contributed by atoms with E-state index in [-0.39, 0.29) is 18.9 Å². The van der Waals surface area contributed by atoms with Crippen LogP contribution in [0.25, 0.3) is 0 Å². The van der Waals surface area contributed by atoms with Gasteiger partial charge in [-0.25, -0.2) is 0 Å². The predicted octanol–water partition coefficient (Wildman–Crippen LogP) is 9.11. The van der Waals surface area contributed by atoms with Gasteiger partial charge in [0, 0.05) is 6.42 Å². The minimum Gasteiger partial charge on any atom is -0.756 e. The molecule has 0 aromatic heterocycles. The number of phosphoric acid groups is 1. The Morgan fingerprint density at radius 2 is 1.23 bits per heavy atom. The third kappa shape index (κ3) is 38.9.